The minimum atomic E-state index is -0.877. The quantitative estimate of drug-likeness (QED) is 0.188. The normalized spacial score (nSPS) is 16.6. The lowest BCUT2D eigenvalue weighted by Crippen LogP contribution is -2.32. The molecule has 3 heterocycles. The molecule has 4 aromatic rings. The summed E-state index contributed by atoms with van der Waals surface area (Å²) >= 11 is 0. The summed E-state index contributed by atoms with van der Waals surface area (Å²) in [6.45, 7) is 4.44. The molecule has 2 aromatic carbocycles. The van der Waals surface area contributed by atoms with Crippen LogP contribution in [0.1, 0.15) is 34.1 Å². The topological polar surface area (TPSA) is 103 Å². The number of imidazole rings is 1. The SMILES string of the molecule is COCCN1C(=O)C(=O)/C(=C(/O)c2nc3c(C)cccn3c2C)C1c1ccc(OCc2ccccc2)c(OC)c1. The highest BCUT2D eigenvalue weighted by Gasteiger charge is 2.46. The fourth-order valence-corrected chi connectivity index (χ4v) is 5.03. The Hall–Kier alpha value is -4.63. The van der Waals surface area contributed by atoms with Crippen LogP contribution in [0.25, 0.3) is 11.4 Å². The number of aliphatic hydroxyl groups is 1. The van der Waals surface area contributed by atoms with Crippen molar-refractivity contribution < 1.29 is 28.9 Å². The third kappa shape index (κ3) is 4.80. The summed E-state index contributed by atoms with van der Waals surface area (Å²) in [6.07, 6.45) is 1.84. The Bertz CT molecular complexity index is 1610. The molecule has 2 aromatic heterocycles. The molecule has 5 rings (SSSR count). The first-order valence-corrected chi connectivity index (χ1v) is 12.9. The maximum Gasteiger partial charge on any atom is 0.295 e. The zero-order valence-electron chi connectivity index (χ0n) is 22.9. The van der Waals surface area contributed by atoms with E-state index in [0.29, 0.717) is 35.0 Å². The molecule has 1 aliphatic heterocycles. The van der Waals surface area contributed by atoms with E-state index in [1.165, 1.54) is 19.1 Å². The van der Waals surface area contributed by atoms with Crippen molar-refractivity contribution in [3.05, 3.63) is 101 Å². The molecule has 0 aliphatic carbocycles. The second-order valence-corrected chi connectivity index (χ2v) is 9.60. The van der Waals surface area contributed by atoms with Crippen LogP contribution in [0.5, 0.6) is 11.5 Å². The Kier molecular flexibility index (Phi) is 7.57. The number of aryl methyl sites for hydroxylation is 2. The van der Waals surface area contributed by atoms with Crippen molar-refractivity contribution in [3.63, 3.8) is 0 Å². The van der Waals surface area contributed by atoms with Gasteiger partial charge in [0.25, 0.3) is 11.7 Å². The number of pyridine rings is 1. The maximum atomic E-state index is 13.4. The van der Waals surface area contributed by atoms with Crippen LogP contribution in [0.15, 0.2) is 72.4 Å². The molecule has 9 nitrogen and oxygen atoms in total. The Balaban J connectivity index is 1.60. The maximum absolute atomic E-state index is 13.4. The van der Waals surface area contributed by atoms with Crippen molar-refractivity contribution in [1.29, 1.82) is 0 Å². The first-order chi connectivity index (χ1) is 19.3. The van der Waals surface area contributed by atoms with Gasteiger partial charge in [0.15, 0.2) is 17.3 Å². The average Bonchev–Trinajstić information content (AvgIpc) is 3.44. The van der Waals surface area contributed by atoms with Crippen LogP contribution in [0, 0.1) is 13.8 Å². The van der Waals surface area contributed by atoms with Crippen molar-refractivity contribution in [1.82, 2.24) is 14.3 Å². The van der Waals surface area contributed by atoms with Crippen molar-refractivity contribution in [3.8, 4) is 11.5 Å². The number of fused-ring (bicyclic) bond motifs is 1. The van der Waals surface area contributed by atoms with E-state index >= 15 is 0 Å². The molecule has 1 aliphatic rings. The van der Waals surface area contributed by atoms with Gasteiger partial charge in [-0.2, -0.15) is 0 Å². The first kappa shape index (κ1) is 27.0. The number of aliphatic hydroxyl groups excluding tert-OH is 1. The third-order valence-electron chi connectivity index (χ3n) is 7.13. The van der Waals surface area contributed by atoms with Gasteiger partial charge in [0, 0.05) is 19.9 Å². The van der Waals surface area contributed by atoms with Crippen LogP contribution in [0.4, 0.5) is 0 Å². The lowest BCUT2D eigenvalue weighted by Gasteiger charge is -2.25. The summed E-state index contributed by atoms with van der Waals surface area (Å²) in [5.74, 6) is -0.882. The second kappa shape index (κ2) is 11.2. The Morgan fingerprint density at radius 2 is 1.77 bits per heavy atom. The van der Waals surface area contributed by atoms with Crippen LogP contribution < -0.4 is 9.47 Å². The lowest BCUT2D eigenvalue weighted by atomic mass is 9.96. The predicted octanol–water partition coefficient (Wildman–Crippen LogP) is 4.61. The minimum absolute atomic E-state index is 0.0368. The largest absolute Gasteiger partial charge is 0.505 e. The number of amides is 1. The fourth-order valence-electron chi connectivity index (χ4n) is 5.03. The van der Waals surface area contributed by atoms with Crippen molar-refractivity contribution in [2.24, 2.45) is 0 Å². The van der Waals surface area contributed by atoms with Crippen LogP contribution in [-0.4, -0.2) is 58.5 Å². The highest BCUT2D eigenvalue weighted by Crippen LogP contribution is 2.42. The standard InChI is InChI=1S/C31H31N3O6/c1-19-9-8-14-33-20(2)26(32-30(19)33)28(35)25-27(34(15-16-38-3)31(37)29(25)36)22-12-13-23(24(17-22)39-4)40-18-21-10-6-5-7-11-21/h5-14,17,27,35H,15-16,18H2,1-4H3/b28-25+. The van der Waals surface area contributed by atoms with E-state index in [-0.39, 0.29) is 30.2 Å². The summed E-state index contributed by atoms with van der Waals surface area (Å²) in [7, 11) is 3.05. The molecule has 0 saturated carbocycles. The van der Waals surface area contributed by atoms with E-state index in [1.807, 2.05) is 66.9 Å². The molecule has 206 valence electrons. The zero-order chi connectivity index (χ0) is 28.4. The molecule has 1 saturated heterocycles. The molecule has 1 amide bonds. The number of ether oxygens (including phenoxy) is 3. The minimum Gasteiger partial charge on any atom is -0.505 e. The molecule has 40 heavy (non-hydrogen) atoms. The van der Waals surface area contributed by atoms with Crippen LogP contribution in [-0.2, 0) is 20.9 Å². The van der Waals surface area contributed by atoms with E-state index in [4.69, 9.17) is 14.2 Å². The highest BCUT2D eigenvalue weighted by atomic mass is 16.5. The number of ketones is 1. The monoisotopic (exact) mass is 541 g/mol. The molecule has 0 radical (unpaired) electrons. The number of methoxy groups -OCH3 is 2. The number of hydrogen-bond acceptors (Lipinski definition) is 7. The summed E-state index contributed by atoms with van der Waals surface area (Å²) < 4.78 is 18.7. The van der Waals surface area contributed by atoms with Gasteiger partial charge in [-0.25, -0.2) is 4.98 Å². The molecule has 1 fully saturated rings. The van der Waals surface area contributed by atoms with Crippen molar-refractivity contribution in [2.75, 3.05) is 27.4 Å². The van der Waals surface area contributed by atoms with Gasteiger partial charge in [-0.05, 0) is 48.7 Å². The number of Topliss-reactive ketones (excluding diaryl/α,β-unsaturated/α-hetero) is 1. The molecular formula is C31H31N3O6. The van der Waals surface area contributed by atoms with Gasteiger partial charge in [-0.1, -0.05) is 42.5 Å². The highest BCUT2D eigenvalue weighted by molar-refractivity contribution is 6.46. The van der Waals surface area contributed by atoms with Crippen LogP contribution >= 0.6 is 0 Å². The molecule has 0 spiro atoms. The Labute approximate surface area is 232 Å². The van der Waals surface area contributed by atoms with Crippen LogP contribution in [0.2, 0.25) is 0 Å². The molecule has 0 bridgehead atoms. The third-order valence-corrected chi connectivity index (χ3v) is 7.13. The average molecular weight is 542 g/mol. The zero-order valence-corrected chi connectivity index (χ0v) is 22.9. The number of aromatic nitrogens is 2. The van der Waals surface area contributed by atoms with Crippen molar-refractivity contribution in [2.45, 2.75) is 26.5 Å². The fraction of sp³-hybridized carbons (Fsp3) is 0.258. The Morgan fingerprint density at radius 3 is 2.48 bits per heavy atom. The summed E-state index contributed by atoms with van der Waals surface area (Å²) in [5, 5.41) is 11.6. The van der Waals surface area contributed by atoms with Gasteiger partial charge in [0.1, 0.15) is 17.9 Å². The second-order valence-electron chi connectivity index (χ2n) is 9.60. The van der Waals surface area contributed by atoms with E-state index < -0.39 is 17.7 Å². The van der Waals surface area contributed by atoms with Gasteiger partial charge >= 0.3 is 0 Å². The molecule has 1 unspecified atom stereocenters. The summed E-state index contributed by atoms with van der Waals surface area (Å²) in [5.41, 5.74) is 4.02. The number of benzene rings is 2. The summed E-state index contributed by atoms with van der Waals surface area (Å²) in [4.78, 5) is 32.7. The van der Waals surface area contributed by atoms with Gasteiger partial charge in [-0.15, -0.1) is 0 Å². The van der Waals surface area contributed by atoms with E-state index in [0.717, 1.165) is 11.1 Å². The number of nitrogens with zero attached hydrogens (tertiary/aromatic N) is 3. The molecule has 1 N–H and O–H groups in total. The van der Waals surface area contributed by atoms with Gasteiger partial charge < -0.3 is 28.6 Å². The number of likely N-dealkylation sites (tertiary alicyclic amines) is 1. The molecular weight excluding hydrogens is 510 g/mol. The van der Waals surface area contributed by atoms with E-state index in [2.05, 4.69) is 4.98 Å². The van der Waals surface area contributed by atoms with Crippen LogP contribution in [0.3, 0.4) is 0 Å². The number of carbonyl (C=O) groups excluding carboxylic acids is 2. The van der Waals surface area contributed by atoms with E-state index in [1.54, 1.807) is 18.2 Å². The number of rotatable bonds is 9. The smallest absolute Gasteiger partial charge is 0.295 e. The van der Waals surface area contributed by atoms with Gasteiger partial charge in [0.2, 0.25) is 0 Å². The van der Waals surface area contributed by atoms with Gasteiger partial charge in [0.05, 0.1) is 31.0 Å². The first-order valence-electron chi connectivity index (χ1n) is 12.9. The van der Waals surface area contributed by atoms with E-state index in [9.17, 15) is 14.7 Å². The number of carbonyl (C=O) groups is 2. The summed E-state index contributed by atoms with van der Waals surface area (Å²) in [6, 6.07) is 17.9. The Morgan fingerprint density at radius 1 is 1.00 bits per heavy atom. The van der Waals surface area contributed by atoms with Gasteiger partial charge in [-0.3, -0.25) is 9.59 Å². The predicted molar refractivity (Wildman–Crippen MR) is 149 cm³/mol. The van der Waals surface area contributed by atoms with Crippen molar-refractivity contribution >= 4 is 23.1 Å². The molecule has 1 atom stereocenters. The lowest BCUT2D eigenvalue weighted by molar-refractivity contribution is -0.140. The molecule has 9 heteroatoms. The number of hydrogen-bond donors (Lipinski definition) is 1.